The van der Waals surface area contributed by atoms with Gasteiger partial charge in [0, 0.05) is 48.8 Å². The number of piperidine rings is 2. The molecule has 2 saturated heterocycles. The van der Waals surface area contributed by atoms with Gasteiger partial charge >= 0.3 is 5.97 Å². The van der Waals surface area contributed by atoms with Crippen molar-refractivity contribution in [1.82, 2.24) is 30.0 Å². The maximum Gasteiger partial charge on any atom is 0.355 e. The minimum absolute atomic E-state index is 0.0239. The Bertz CT molecular complexity index is 3240. The second kappa shape index (κ2) is 18.1. The molecule has 3 aliphatic heterocycles. The summed E-state index contributed by atoms with van der Waals surface area (Å²) in [6, 6.07) is 28.5. The van der Waals surface area contributed by atoms with Crippen LogP contribution in [0.3, 0.4) is 0 Å². The number of ether oxygens (including phenoxy) is 1. The molecule has 1 saturated carbocycles. The quantitative estimate of drug-likeness (QED) is 0.0917. The third-order valence-corrected chi connectivity index (χ3v) is 15.6. The van der Waals surface area contributed by atoms with Gasteiger partial charge in [0.2, 0.25) is 17.7 Å². The molecule has 4 aromatic carbocycles. The molecule has 7 aromatic rings. The first-order valence-corrected chi connectivity index (χ1v) is 24.5. The van der Waals surface area contributed by atoms with Crippen molar-refractivity contribution in [1.29, 1.82) is 0 Å². The molecule has 4 aliphatic rings. The van der Waals surface area contributed by atoms with Crippen LogP contribution in [-0.2, 0) is 34.4 Å². The summed E-state index contributed by atoms with van der Waals surface area (Å²) < 4.78 is 9.31. The van der Waals surface area contributed by atoms with E-state index in [0.29, 0.717) is 65.1 Å². The SMILES string of the molecule is Cc1c(OC2CC3(CCN(CC(=O)Nc4ccc5c(C6CCC(=O)NC6=O)nn(C)c5c4)CC3)C2)cccc1-c1ccc(N2CCc3cccc(C(=O)Nc4nc5ccccc5s4)c3C2)nc1C(=O)O. The number of thiazole rings is 1. The van der Waals surface area contributed by atoms with Gasteiger partial charge in [0.25, 0.3) is 5.91 Å². The molecule has 356 valence electrons. The molecule has 0 radical (unpaired) electrons. The number of pyridine rings is 1. The van der Waals surface area contributed by atoms with E-state index >= 15 is 0 Å². The van der Waals surface area contributed by atoms with Crippen LogP contribution in [0.2, 0.25) is 0 Å². The Balaban J connectivity index is 0.699. The van der Waals surface area contributed by atoms with E-state index in [-0.39, 0.29) is 53.8 Å². The van der Waals surface area contributed by atoms with Crippen molar-refractivity contribution in [3.63, 3.8) is 0 Å². The lowest BCUT2D eigenvalue weighted by atomic mass is 9.61. The highest BCUT2D eigenvalue weighted by Crippen LogP contribution is 2.51. The van der Waals surface area contributed by atoms with Gasteiger partial charge in [0.15, 0.2) is 10.8 Å². The number of imide groups is 1. The fourth-order valence-electron chi connectivity index (χ4n) is 10.9. The number of amides is 4. The number of carbonyl (C=O) groups excluding carboxylic acids is 4. The molecule has 1 unspecified atom stereocenters. The number of aromatic nitrogens is 4. The first-order valence-electron chi connectivity index (χ1n) is 23.7. The summed E-state index contributed by atoms with van der Waals surface area (Å²) in [6.07, 6.45) is 5.12. The summed E-state index contributed by atoms with van der Waals surface area (Å²) in [5.74, 6) is -1.33. The van der Waals surface area contributed by atoms with Gasteiger partial charge in [0.1, 0.15) is 11.6 Å². The lowest BCUT2D eigenvalue weighted by molar-refractivity contribution is -0.134. The minimum atomic E-state index is -1.13. The van der Waals surface area contributed by atoms with Crippen LogP contribution >= 0.6 is 11.3 Å². The Labute approximate surface area is 407 Å². The van der Waals surface area contributed by atoms with Crippen molar-refractivity contribution in [3.05, 3.63) is 125 Å². The van der Waals surface area contributed by atoms with Crippen LogP contribution in [0.15, 0.2) is 91.0 Å². The highest BCUT2D eigenvalue weighted by atomic mass is 32.1. The Hall–Kier alpha value is -7.50. The van der Waals surface area contributed by atoms with Crippen LogP contribution in [-0.4, -0.2) is 91.6 Å². The maximum absolute atomic E-state index is 13.7. The first kappa shape index (κ1) is 45.0. The summed E-state index contributed by atoms with van der Waals surface area (Å²) in [5.41, 5.74) is 7.59. The fourth-order valence-corrected chi connectivity index (χ4v) is 11.7. The number of anilines is 3. The topological polar surface area (TPSA) is 201 Å². The number of benzene rings is 4. The van der Waals surface area contributed by atoms with Crippen LogP contribution in [0.4, 0.5) is 16.6 Å². The van der Waals surface area contributed by atoms with E-state index in [1.54, 1.807) is 11.7 Å². The van der Waals surface area contributed by atoms with Gasteiger partial charge in [-0.1, -0.05) is 47.7 Å². The number of para-hydroxylation sites is 1. The molecule has 4 N–H and O–H groups in total. The zero-order chi connectivity index (χ0) is 48.3. The molecule has 3 aromatic heterocycles. The molecule has 11 rings (SSSR count). The Morgan fingerprint density at radius 3 is 2.51 bits per heavy atom. The van der Waals surface area contributed by atoms with Gasteiger partial charge in [-0.05, 0) is 141 Å². The zero-order valence-electron chi connectivity index (χ0n) is 38.8. The molecule has 17 heteroatoms. The van der Waals surface area contributed by atoms with E-state index in [0.717, 1.165) is 82.1 Å². The van der Waals surface area contributed by atoms with Crippen molar-refractivity contribution in [3.8, 4) is 16.9 Å². The van der Waals surface area contributed by atoms with E-state index in [4.69, 9.17) is 9.72 Å². The van der Waals surface area contributed by atoms with E-state index in [1.165, 1.54) is 11.3 Å². The van der Waals surface area contributed by atoms with Gasteiger partial charge in [-0.2, -0.15) is 5.10 Å². The van der Waals surface area contributed by atoms with Gasteiger partial charge in [-0.25, -0.2) is 14.8 Å². The van der Waals surface area contributed by atoms with E-state index < -0.39 is 11.9 Å². The van der Waals surface area contributed by atoms with Crippen molar-refractivity contribution in [2.75, 3.05) is 41.7 Å². The van der Waals surface area contributed by atoms with Gasteiger partial charge < -0.3 is 20.1 Å². The predicted molar refractivity (Wildman–Crippen MR) is 266 cm³/mol. The molecule has 70 heavy (non-hydrogen) atoms. The third-order valence-electron chi connectivity index (χ3n) is 14.6. The molecule has 1 aliphatic carbocycles. The largest absolute Gasteiger partial charge is 0.490 e. The number of hydrogen-bond acceptors (Lipinski definition) is 12. The summed E-state index contributed by atoms with van der Waals surface area (Å²) >= 11 is 1.43. The molecule has 4 amide bonds. The smallest absolute Gasteiger partial charge is 0.355 e. The second-order valence-corrected chi connectivity index (χ2v) is 20.1. The molecule has 1 spiro atoms. The monoisotopic (exact) mass is 957 g/mol. The lowest BCUT2D eigenvalue weighted by Crippen LogP contribution is -2.51. The minimum Gasteiger partial charge on any atom is -0.490 e. The highest BCUT2D eigenvalue weighted by Gasteiger charge is 2.47. The van der Waals surface area contributed by atoms with Crippen LogP contribution in [0.25, 0.3) is 32.2 Å². The number of aryl methyl sites for hydroxylation is 1. The van der Waals surface area contributed by atoms with Gasteiger partial charge in [0.05, 0.1) is 40.0 Å². The average Bonchev–Trinajstić information content (AvgIpc) is 3.90. The van der Waals surface area contributed by atoms with Gasteiger partial charge in [-0.3, -0.25) is 39.4 Å². The number of hydrogen-bond donors (Lipinski definition) is 4. The Morgan fingerprint density at radius 1 is 0.900 bits per heavy atom. The first-order chi connectivity index (χ1) is 33.9. The second-order valence-electron chi connectivity index (χ2n) is 19.1. The third kappa shape index (κ3) is 8.63. The van der Waals surface area contributed by atoms with Crippen molar-refractivity contribution < 1.29 is 33.8 Å². The van der Waals surface area contributed by atoms with Crippen LogP contribution in [0, 0.1) is 12.3 Å². The number of carboxylic acids is 1. The maximum atomic E-state index is 13.7. The van der Waals surface area contributed by atoms with E-state index in [9.17, 15) is 29.1 Å². The number of fused-ring (bicyclic) bond motifs is 3. The Kier molecular flexibility index (Phi) is 11.6. The molecular formula is C53H51N9O7S. The number of carboxylic acid groups (broad SMARTS) is 1. The zero-order valence-corrected chi connectivity index (χ0v) is 39.6. The molecule has 3 fully saturated rings. The van der Waals surface area contributed by atoms with Crippen LogP contribution in [0.1, 0.15) is 87.7 Å². The van der Waals surface area contributed by atoms with Crippen molar-refractivity contribution in [2.45, 2.75) is 70.4 Å². The Morgan fingerprint density at radius 2 is 1.71 bits per heavy atom. The van der Waals surface area contributed by atoms with Crippen LogP contribution < -0.4 is 25.6 Å². The molecule has 0 bridgehead atoms. The number of nitrogens with one attached hydrogen (secondary N) is 3. The molecular weight excluding hydrogens is 907 g/mol. The van der Waals surface area contributed by atoms with E-state index in [1.807, 2.05) is 103 Å². The standard InChI is InChI=1S/C53H51N9O7S/c1-30-34(35-15-17-44(56-48(35)51(67)68)62-22-19-31-7-5-9-36(39(31)28-62)49(65)58-52-55-40-10-3-4-12-43(40)70-52)8-6-11-42(30)69-33-26-53(27-33)20-23-61(24-21-53)29-46(64)54-32-13-14-37-41(25-32)60(2)59-47(37)38-16-18-45(63)57-50(38)66/h3-15,17,25,33,38H,16,18-24,26-29H2,1-2H3,(H,54,64)(H,67,68)(H,55,58,65)(H,57,63,66). The highest BCUT2D eigenvalue weighted by molar-refractivity contribution is 7.22. The molecule has 16 nitrogen and oxygen atoms in total. The normalized spacial score (nSPS) is 18.1. The summed E-state index contributed by atoms with van der Waals surface area (Å²) in [6.45, 7) is 4.85. The number of carbonyl (C=O) groups is 5. The summed E-state index contributed by atoms with van der Waals surface area (Å²) in [7, 11) is 1.80. The van der Waals surface area contributed by atoms with Crippen molar-refractivity contribution in [2.24, 2.45) is 12.5 Å². The van der Waals surface area contributed by atoms with Crippen LogP contribution in [0.5, 0.6) is 5.75 Å². The number of likely N-dealkylation sites (tertiary alicyclic amines) is 1. The fraction of sp³-hybridized carbons (Fsp3) is 0.321. The molecule has 6 heterocycles. The number of rotatable bonds is 11. The van der Waals surface area contributed by atoms with Crippen molar-refractivity contribution >= 4 is 78.7 Å². The van der Waals surface area contributed by atoms with E-state index in [2.05, 4.69) is 30.9 Å². The number of nitrogens with zero attached hydrogens (tertiary/aromatic N) is 6. The number of aromatic carboxylic acids is 1. The molecule has 1 atom stereocenters. The predicted octanol–water partition coefficient (Wildman–Crippen LogP) is 7.85. The summed E-state index contributed by atoms with van der Waals surface area (Å²) in [5, 5.41) is 24.9. The average molecular weight is 958 g/mol. The summed E-state index contributed by atoms with van der Waals surface area (Å²) in [4.78, 5) is 77.6. The lowest BCUT2D eigenvalue weighted by Gasteiger charge is -2.51. The van der Waals surface area contributed by atoms with Gasteiger partial charge in [-0.15, -0.1) is 0 Å².